The van der Waals surface area contributed by atoms with Gasteiger partial charge in [0, 0.05) is 24.0 Å². The van der Waals surface area contributed by atoms with E-state index in [9.17, 15) is 9.18 Å². The number of amides is 1. The number of halogens is 1. The average Bonchev–Trinajstić information content (AvgIpc) is 3.38. The summed E-state index contributed by atoms with van der Waals surface area (Å²) in [4.78, 5) is 24.9. The minimum Gasteiger partial charge on any atom is -0.308 e. The van der Waals surface area contributed by atoms with E-state index in [1.54, 1.807) is 23.1 Å². The third-order valence-electron chi connectivity index (χ3n) is 5.75. The van der Waals surface area contributed by atoms with Crippen molar-refractivity contribution >= 4 is 33.8 Å². The number of carbonyl (C=O) groups excluding carboxylic acids is 1. The Morgan fingerprint density at radius 3 is 2.42 bits per heavy atom. The molecule has 6 rings (SSSR count). The fourth-order valence-electron chi connectivity index (χ4n) is 4.25. The number of hydrogen-bond acceptors (Lipinski definition) is 3. The molecule has 3 aromatic carbocycles. The summed E-state index contributed by atoms with van der Waals surface area (Å²) in [5, 5.41) is 0.785. The van der Waals surface area contributed by atoms with Crippen molar-refractivity contribution in [3.63, 3.8) is 0 Å². The van der Waals surface area contributed by atoms with Crippen LogP contribution in [0.1, 0.15) is 10.4 Å². The van der Waals surface area contributed by atoms with Crippen molar-refractivity contribution in [3.8, 4) is 11.3 Å². The van der Waals surface area contributed by atoms with Gasteiger partial charge in [-0.25, -0.2) is 14.4 Å². The summed E-state index contributed by atoms with van der Waals surface area (Å²) in [6.07, 6.45) is 0. The molecule has 0 saturated carbocycles. The summed E-state index contributed by atoms with van der Waals surface area (Å²) in [7, 11) is 0. The normalized spacial score (nSPS) is 13.1. The van der Waals surface area contributed by atoms with Crippen molar-refractivity contribution in [2.24, 2.45) is 0 Å². The highest BCUT2D eigenvalue weighted by atomic mass is 19.1. The van der Waals surface area contributed by atoms with Gasteiger partial charge in [-0.05, 0) is 48.5 Å². The monoisotopic (exact) mass is 408 g/mol. The lowest BCUT2D eigenvalue weighted by molar-refractivity contribution is 0.0990. The number of anilines is 1. The second-order valence-corrected chi connectivity index (χ2v) is 7.59. The van der Waals surface area contributed by atoms with Crippen LogP contribution in [-0.2, 0) is 6.54 Å². The number of aromatic nitrogens is 3. The van der Waals surface area contributed by atoms with Gasteiger partial charge in [0.25, 0.3) is 5.91 Å². The van der Waals surface area contributed by atoms with E-state index in [0.29, 0.717) is 30.3 Å². The third kappa shape index (κ3) is 2.79. The Balaban J connectivity index is 1.50. The molecule has 0 aliphatic carbocycles. The van der Waals surface area contributed by atoms with Gasteiger partial charge in [-0.1, -0.05) is 30.3 Å². The Morgan fingerprint density at radius 1 is 0.839 bits per heavy atom. The van der Waals surface area contributed by atoms with Crippen molar-refractivity contribution < 1.29 is 9.18 Å². The van der Waals surface area contributed by atoms with Crippen LogP contribution in [-0.4, -0.2) is 27.0 Å². The van der Waals surface area contributed by atoms with Crippen LogP contribution in [0.25, 0.3) is 33.2 Å². The van der Waals surface area contributed by atoms with Gasteiger partial charge < -0.3 is 4.57 Å². The highest BCUT2D eigenvalue weighted by molar-refractivity contribution is 6.14. The lowest BCUT2D eigenvalue weighted by Gasteiger charge is -2.16. The highest BCUT2D eigenvalue weighted by Crippen LogP contribution is 2.31. The van der Waals surface area contributed by atoms with E-state index in [2.05, 4.69) is 4.57 Å². The number of para-hydroxylation sites is 3. The number of carbonyl (C=O) groups is 1. The van der Waals surface area contributed by atoms with Crippen molar-refractivity contribution in [2.45, 2.75) is 6.54 Å². The molecular formula is C25H17FN4O. The maximum absolute atomic E-state index is 13.7. The number of fused-ring (bicyclic) bond motifs is 4. The zero-order valence-electron chi connectivity index (χ0n) is 16.5. The molecule has 1 aliphatic heterocycles. The van der Waals surface area contributed by atoms with E-state index in [1.807, 2.05) is 48.5 Å². The first kappa shape index (κ1) is 17.8. The fourth-order valence-corrected chi connectivity index (χ4v) is 4.25. The molecular weight excluding hydrogens is 391 g/mol. The average molecular weight is 408 g/mol. The SMILES string of the molecule is O=C(c1cc(-c2ccc(F)cc2)nc2ccccc12)N1CCn2c1nc1ccccc12. The Kier molecular flexibility index (Phi) is 3.86. The molecule has 0 bridgehead atoms. The number of benzene rings is 3. The Bertz CT molecular complexity index is 1470. The highest BCUT2D eigenvalue weighted by Gasteiger charge is 2.30. The van der Waals surface area contributed by atoms with E-state index in [-0.39, 0.29) is 11.7 Å². The first-order valence-electron chi connectivity index (χ1n) is 10.1. The first-order chi connectivity index (χ1) is 15.2. The second kappa shape index (κ2) is 6.74. The number of nitrogens with zero attached hydrogens (tertiary/aromatic N) is 4. The second-order valence-electron chi connectivity index (χ2n) is 7.59. The van der Waals surface area contributed by atoms with Crippen molar-refractivity contribution in [3.05, 3.63) is 90.2 Å². The van der Waals surface area contributed by atoms with E-state index in [4.69, 9.17) is 9.97 Å². The van der Waals surface area contributed by atoms with Crippen molar-refractivity contribution in [1.82, 2.24) is 14.5 Å². The van der Waals surface area contributed by atoms with Gasteiger partial charge in [-0.2, -0.15) is 0 Å². The van der Waals surface area contributed by atoms with Gasteiger partial charge in [0.05, 0.1) is 27.8 Å². The summed E-state index contributed by atoms with van der Waals surface area (Å²) in [6.45, 7) is 1.27. The van der Waals surface area contributed by atoms with E-state index >= 15 is 0 Å². The van der Waals surface area contributed by atoms with Crippen LogP contribution in [0.2, 0.25) is 0 Å². The minimum absolute atomic E-state index is 0.115. The van der Waals surface area contributed by atoms with Gasteiger partial charge in [0.15, 0.2) is 0 Å². The Labute approximate surface area is 177 Å². The van der Waals surface area contributed by atoms with Crippen LogP contribution in [0.3, 0.4) is 0 Å². The van der Waals surface area contributed by atoms with Crippen LogP contribution in [0.15, 0.2) is 78.9 Å². The predicted octanol–water partition coefficient (Wildman–Crippen LogP) is 5.05. The van der Waals surface area contributed by atoms with Crippen molar-refractivity contribution in [2.75, 3.05) is 11.4 Å². The summed E-state index contributed by atoms with van der Waals surface area (Å²) >= 11 is 0. The van der Waals surface area contributed by atoms with Crippen LogP contribution in [0.4, 0.5) is 10.3 Å². The Morgan fingerprint density at radius 2 is 1.58 bits per heavy atom. The zero-order chi connectivity index (χ0) is 20.9. The maximum atomic E-state index is 13.7. The zero-order valence-corrected chi connectivity index (χ0v) is 16.5. The van der Waals surface area contributed by atoms with E-state index in [1.165, 1.54) is 12.1 Å². The summed E-state index contributed by atoms with van der Waals surface area (Å²) in [6, 6.07) is 23.4. The standard InChI is InChI=1S/C25H17FN4O/c26-17-11-9-16(10-12-17)22-15-19(18-5-1-2-6-20(18)27-22)24(31)30-14-13-29-23-8-4-3-7-21(23)28-25(29)30/h1-12,15H,13-14H2. The number of hydrogen-bond donors (Lipinski definition) is 0. The smallest absolute Gasteiger partial charge is 0.261 e. The number of rotatable bonds is 2. The van der Waals surface area contributed by atoms with Gasteiger partial charge in [0.1, 0.15) is 5.82 Å². The minimum atomic E-state index is -0.309. The van der Waals surface area contributed by atoms with Gasteiger partial charge in [0.2, 0.25) is 5.95 Å². The lowest BCUT2D eigenvalue weighted by Crippen LogP contribution is -2.29. The Hall–Kier alpha value is -4.06. The molecule has 1 amide bonds. The lowest BCUT2D eigenvalue weighted by atomic mass is 10.0. The molecule has 150 valence electrons. The molecule has 3 heterocycles. The molecule has 0 spiro atoms. The van der Waals surface area contributed by atoms with Gasteiger partial charge >= 0.3 is 0 Å². The van der Waals surface area contributed by atoms with Crippen LogP contribution >= 0.6 is 0 Å². The topological polar surface area (TPSA) is 51.0 Å². The molecule has 0 fully saturated rings. The van der Waals surface area contributed by atoms with Gasteiger partial charge in [-0.15, -0.1) is 0 Å². The molecule has 0 saturated heterocycles. The quantitative estimate of drug-likeness (QED) is 0.411. The molecule has 31 heavy (non-hydrogen) atoms. The molecule has 6 heteroatoms. The molecule has 0 N–H and O–H groups in total. The maximum Gasteiger partial charge on any atom is 0.261 e. The fraction of sp³-hybridized carbons (Fsp3) is 0.0800. The summed E-state index contributed by atoms with van der Waals surface area (Å²) in [5.74, 6) is 0.239. The molecule has 0 unspecified atom stereocenters. The molecule has 0 atom stereocenters. The van der Waals surface area contributed by atoms with Crippen molar-refractivity contribution in [1.29, 1.82) is 0 Å². The molecule has 5 aromatic rings. The largest absolute Gasteiger partial charge is 0.308 e. The van der Waals surface area contributed by atoms with Crippen LogP contribution < -0.4 is 4.90 Å². The van der Waals surface area contributed by atoms with Crippen LogP contribution in [0.5, 0.6) is 0 Å². The molecule has 2 aromatic heterocycles. The summed E-state index contributed by atoms with van der Waals surface area (Å²) < 4.78 is 15.5. The number of imidazole rings is 1. The summed E-state index contributed by atoms with van der Waals surface area (Å²) in [5.41, 5.74) is 4.58. The van der Waals surface area contributed by atoms with E-state index in [0.717, 1.165) is 27.5 Å². The molecule has 1 aliphatic rings. The predicted molar refractivity (Wildman–Crippen MR) is 119 cm³/mol. The molecule has 5 nitrogen and oxygen atoms in total. The number of pyridine rings is 1. The van der Waals surface area contributed by atoms with E-state index < -0.39 is 0 Å². The third-order valence-corrected chi connectivity index (χ3v) is 5.75. The van der Waals surface area contributed by atoms with Crippen LogP contribution in [0, 0.1) is 5.82 Å². The first-order valence-corrected chi connectivity index (χ1v) is 10.1. The molecule has 0 radical (unpaired) electrons. The van der Waals surface area contributed by atoms with Gasteiger partial charge in [-0.3, -0.25) is 9.69 Å².